The summed E-state index contributed by atoms with van der Waals surface area (Å²) in [5.74, 6) is 0. The van der Waals surface area contributed by atoms with E-state index in [9.17, 15) is 0 Å². The van der Waals surface area contributed by atoms with Crippen LogP contribution in [0.25, 0.3) is 0 Å². The summed E-state index contributed by atoms with van der Waals surface area (Å²) in [6.07, 6.45) is 2.12. The van der Waals surface area contributed by atoms with Gasteiger partial charge in [-0.15, -0.1) is 0 Å². The molecular formula is C18H17NP+. The Morgan fingerprint density at radius 2 is 1.15 bits per heavy atom. The van der Waals surface area contributed by atoms with E-state index in [0.29, 0.717) is 0 Å². The Balaban J connectivity index is 2.17. The number of pyridine rings is 1. The first kappa shape index (κ1) is 13.0. The number of benzene rings is 2. The van der Waals surface area contributed by atoms with Crippen LogP contribution in [-0.2, 0) is 7.05 Å². The molecule has 0 fully saturated rings. The van der Waals surface area contributed by atoms with Crippen molar-refractivity contribution >= 4 is 24.0 Å². The van der Waals surface area contributed by atoms with Gasteiger partial charge in [0.25, 0.3) is 0 Å². The van der Waals surface area contributed by atoms with E-state index in [1.807, 2.05) is 0 Å². The molecule has 0 radical (unpaired) electrons. The Bertz CT molecular complexity index is 641. The van der Waals surface area contributed by atoms with Crippen LogP contribution in [-0.4, -0.2) is 0 Å². The minimum atomic E-state index is -0.504. The Morgan fingerprint density at radius 3 is 1.65 bits per heavy atom. The topological polar surface area (TPSA) is 3.88 Å². The van der Waals surface area contributed by atoms with Crippen LogP contribution in [0.1, 0.15) is 0 Å². The quantitative estimate of drug-likeness (QED) is 0.511. The summed E-state index contributed by atoms with van der Waals surface area (Å²) in [5, 5.41) is 2.77. The highest BCUT2D eigenvalue weighted by Gasteiger charge is 2.23. The van der Waals surface area contributed by atoms with Gasteiger partial charge in [0.1, 0.15) is 7.05 Å². The number of rotatable bonds is 3. The second kappa shape index (κ2) is 5.98. The molecule has 3 aromatic rings. The lowest BCUT2D eigenvalue weighted by atomic mass is 10.4. The zero-order chi connectivity index (χ0) is 13.8. The van der Waals surface area contributed by atoms with Gasteiger partial charge in [0, 0.05) is 12.1 Å². The third kappa shape index (κ3) is 2.64. The average Bonchev–Trinajstić information content (AvgIpc) is 2.52. The molecule has 2 heteroatoms. The van der Waals surface area contributed by atoms with Gasteiger partial charge in [-0.05, 0) is 16.7 Å². The highest BCUT2D eigenvalue weighted by Crippen LogP contribution is 2.30. The van der Waals surface area contributed by atoms with Gasteiger partial charge in [0.05, 0.1) is 7.92 Å². The summed E-state index contributed by atoms with van der Waals surface area (Å²) in [6.45, 7) is 0. The average molecular weight is 278 g/mol. The lowest BCUT2D eigenvalue weighted by Gasteiger charge is -2.16. The Morgan fingerprint density at radius 1 is 0.650 bits per heavy atom. The van der Waals surface area contributed by atoms with Crippen molar-refractivity contribution in [1.82, 2.24) is 0 Å². The van der Waals surface area contributed by atoms with Crippen molar-refractivity contribution in [3.63, 3.8) is 0 Å². The summed E-state index contributed by atoms with van der Waals surface area (Å²) in [6, 6.07) is 28.0. The van der Waals surface area contributed by atoms with Gasteiger partial charge >= 0.3 is 0 Å². The van der Waals surface area contributed by atoms with E-state index in [1.165, 1.54) is 16.0 Å². The standard InChI is InChI=1S/C18H17NP/c1-19-15-9-8-14-18(19)20(16-10-4-2-5-11-16)17-12-6-3-7-13-17/h2-15H,1H3/q+1. The second-order valence-electron chi connectivity index (χ2n) is 4.68. The van der Waals surface area contributed by atoms with Gasteiger partial charge in [-0.1, -0.05) is 60.7 Å². The van der Waals surface area contributed by atoms with Gasteiger partial charge in [-0.2, -0.15) is 0 Å². The Kier molecular flexibility index (Phi) is 3.90. The molecule has 0 amide bonds. The second-order valence-corrected chi connectivity index (χ2v) is 6.84. The predicted molar refractivity (Wildman–Crippen MR) is 86.3 cm³/mol. The fraction of sp³-hybridized carbons (Fsp3) is 0.0556. The summed E-state index contributed by atoms with van der Waals surface area (Å²) in [5.41, 5.74) is 1.36. The molecule has 0 atom stereocenters. The van der Waals surface area contributed by atoms with Crippen molar-refractivity contribution < 1.29 is 4.57 Å². The van der Waals surface area contributed by atoms with Crippen LogP contribution >= 0.6 is 7.92 Å². The van der Waals surface area contributed by atoms with Crippen LogP contribution in [0, 0.1) is 0 Å². The highest BCUT2D eigenvalue weighted by atomic mass is 31.1. The fourth-order valence-electron chi connectivity index (χ4n) is 2.31. The molecule has 0 spiro atoms. The first-order valence-corrected chi connectivity index (χ1v) is 8.05. The number of aryl methyl sites for hydroxylation is 1. The van der Waals surface area contributed by atoms with Gasteiger partial charge in [0.15, 0.2) is 6.20 Å². The van der Waals surface area contributed by atoms with Crippen molar-refractivity contribution in [3.05, 3.63) is 85.1 Å². The molecule has 0 bridgehead atoms. The summed E-state index contributed by atoms with van der Waals surface area (Å²) >= 11 is 0. The van der Waals surface area contributed by atoms with Gasteiger partial charge in [-0.25, -0.2) is 4.57 Å². The lowest BCUT2D eigenvalue weighted by molar-refractivity contribution is -0.653. The maximum Gasteiger partial charge on any atom is 0.210 e. The molecule has 0 saturated carbocycles. The number of aromatic nitrogens is 1. The molecule has 1 heterocycles. The number of hydrogen-bond donors (Lipinski definition) is 0. The molecule has 0 aliphatic heterocycles. The van der Waals surface area contributed by atoms with E-state index >= 15 is 0 Å². The molecular weight excluding hydrogens is 261 g/mol. The van der Waals surface area contributed by atoms with Crippen molar-refractivity contribution in [3.8, 4) is 0 Å². The van der Waals surface area contributed by atoms with Crippen molar-refractivity contribution in [1.29, 1.82) is 0 Å². The molecule has 20 heavy (non-hydrogen) atoms. The predicted octanol–water partition coefficient (Wildman–Crippen LogP) is 2.27. The molecule has 0 aliphatic carbocycles. The minimum Gasteiger partial charge on any atom is -0.201 e. The monoisotopic (exact) mass is 278 g/mol. The molecule has 3 rings (SSSR count). The van der Waals surface area contributed by atoms with Crippen LogP contribution < -0.4 is 20.6 Å². The molecule has 0 N–H and O–H groups in total. The zero-order valence-electron chi connectivity index (χ0n) is 11.5. The minimum absolute atomic E-state index is 0.504. The van der Waals surface area contributed by atoms with E-state index in [4.69, 9.17) is 0 Å². The zero-order valence-corrected chi connectivity index (χ0v) is 12.4. The lowest BCUT2D eigenvalue weighted by Crippen LogP contribution is -2.46. The summed E-state index contributed by atoms with van der Waals surface area (Å²) in [4.78, 5) is 0. The first-order chi connectivity index (χ1) is 9.86. The molecule has 0 saturated heterocycles. The van der Waals surface area contributed by atoms with Crippen LogP contribution in [0.5, 0.6) is 0 Å². The highest BCUT2D eigenvalue weighted by molar-refractivity contribution is 7.79. The molecule has 1 nitrogen and oxygen atoms in total. The third-order valence-corrected chi connectivity index (χ3v) is 5.84. The molecule has 0 aliphatic rings. The van der Waals surface area contributed by atoms with Gasteiger partial charge in [0.2, 0.25) is 5.44 Å². The van der Waals surface area contributed by atoms with E-state index in [0.717, 1.165) is 0 Å². The molecule has 1 aromatic heterocycles. The first-order valence-electron chi connectivity index (χ1n) is 6.71. The summed E-state index contributed by atoms with van der Waals surface area (Å²) < 4.78 is 2.23. The SMILES string of the molecule is C[n+]1ccccc1P(c1ccccc1)c1ccccc1. The van der Waals surface area contributed by atoms with Gasteiger partial charge < -0.3 is 0 Å². The van der Waals surface area contributed by atoms with Crippen LogP contribution in [0.2, 0.25) is 0 Å². The van der Waals surface area contributed by atoms with Crippen molar-refractivity contribution in [2.45, 2.75) is 0 Å². The fourth-order valence-corrected chi connectivity index (χ4v) is 4.70. The van der Waals surface area contributed by atoms with E-state index in [1.54, 1.807) is 0 Å². The number of hydrogen-bond acceptors (Lipinski definition) is 0. The van der Waals surface area contributed by atoms with Crippen LogP contribution in [0.4, 0.5) is 0 Å². The smallest absolute Gasteiger partial charge is 0.201 e. The van der Waals surface area contributed by atoms with Crippen molar-refractivity contribution in [2.24, 2.45) is 7.05 Å². The maximum absolute atomic E-state index is 2.23. The van der Waals surface area contributed by atoms with E-state index in [2.05, 4.69) is 96.7 Å². The van der Waals surface area contributed by atoms with Crippen LogP contribution in [0.15, 0.2) is 85.1 Å². The van der Waals surface area contributed by atoms with E-state index < -0.39 is 7.92 Å². The maximum atomic E-state index is 2.23. The Labute approximate surface area is 121 Å². The number of nitrogens with zero attached hydrogens (tertiary/aromatic N) is 1. The largest absolute Gasteiger partial charge is 0.210 e. The van der Waals surface area contributed by atoms with Crippen molar-refractivity contribution in [2.75, 3.05) is 0 Å². The molecule has 98 valence electrons. The van der Waals surface area contributed by atoms with E-state index in [-0.39, 0.29) is 0 Å². The summed E-state index contributed by atoms with van der Waals surface area (Å²) in [7, 11) is 1.62. The van der Waals surface area contributed by atoms with Crippen LogP contribution in [0.3, 0.4) is 0 Å². The normalized spacial score (nSPS) is 10.7. The molecule has 0 unspecified atom stereocenters. The Hall–Kier alpha value is -1.98. The van der Waals surface area contributed by atoms with Gasteiger partial charge in [-0.3, -0.25) is 0 Å². The molecule has 2 aromatic carbocycles. The third-order valence-electron chi connectivity index (χ3n) is 3.29.